The molecule has 16 heavy (non-hydrogen) atoms. The number of halogens is 1. The number of alkyl halides is 1. The van der Waals surface area contributed by atoms with Gasteiger partial charge in [-0.1, -0.05) is 22.9 Å². The maximum Gasteiger partial charge on any atom is 0.242 e. The molecule has 4 nitrogen and oxygen atoms in total. The highest BCUT2D eigenvalue weighted by molar-refractivity contribution is 9.10. The molecule has 0 spiro atoms. The maximum absolute atomic E-state index is 11.7. The van der Waals surface area contributed by atoms with Crippen LogP contribution in [0.15, 0.2) is 0 Å². The molecule has 0 aromatic carbocycles. The second-order valence-electron chi connectivity index (χ2n) is 3.64. The minimum absolute atomic E-state index is 0.00310. The third-order valence-electron chi connectivity index (χ3n) is 2.49. The molecule has 0 bridgehead atoms. The van der Waals surface area contributed by atoms with Crippen LogP contribution in [0.5, 0.6) is 0 Å². The molecular weight excluding hydrogens is 272 g/mol. The summed E-state index contributed by atoms with van der Waals surface area (Å²) in [5.41, 5.74) is 0. The van der Waals surface area contributed by atoms with E-state index in [-0.39, 0.29) is 23.2 Å². The Morgan fingerprint density at radius 1 is 1.19 bits per heavy atom. The van der Waals surface area contributed by atoms with Crippen LogP contribution >= 0.6 is 15.9 Å². The summed E-state index contributed by atoms with van der Waals surface area (Å²) in [4.78, 5) is 26.5. The van der Waals surface area contributed by atoms with Gasteiger partial charge in [0, 0.05) is 20.1 Å². The van der Waals surface area contributed by atoms with Crippen molar-refractivity contribution >= 4 is 27.7 Å². The summed E-state index contributed by atoms with van der Waals surface area (Å²) in [5, 5.41) is 0. The highest BCUT2D eigenvalue weighted by atomic mass is 79.9. The van der Waals surface area contributed by atoms with E-state index in [2.05, 4.69) is 15.9 Å². The summed E-state index contributed by atoms with van der Waals surface area (Å²) >= 11 is 3.29. The molecule has 2 amide bonds. The Morgan fingerprint density at radius 3 is 2.06 bits per heavy atom. The molecule has 0 saturated carbocycles. The molecule has 1 unspecified atom stereocenters. The fourth-order valence-corrected chi connectivity index (χ4v) is 1.72. The van der Waals surface area contributed by atoms with Crippen molar-refractivity contribution in [1.82, 2.24) is 9.80 Å². The van der Waals surface area contributed by atoms with Crippen LogP contribution in [0.2, 0.25) is 0 Å². The van der Waals surface area contributed by atoms with Gasteiger partial charge in [0.2, 0.25) is 11.8 Å². The average molecular weight is 293 g/mol. The van der Waals surface area contributed by atoms with Crippen molar-refractivity contribution in [2.24, 2.45) is 0 Å². The number of amides is 2. The minimum atomic E-state index is -0.193. The van der Waals surface area contributed by atoms with Gasteiger partial charge in [0.25, 0.3) is 0 Å². The molecule has 5 heteroatoms. The van der Waals surface area contributed by atoms with Crippen LogP contribution in [0, 0.1) is 0 Å². The fourth-order valence-electron chi connectivity index (χ4n) is 1.37. The van der Waals surface area contributed by atoms with Gasteiger partial charge >= 0.3 is 0 Å². The van der Waals surface area contributed by atoms with Crippen molar-refractivity contribution in [2.75, 3.05) is 26.7 Å². The van der Waals surface area contributed by atoms with Crippen molar-refractivity contribution in [3.63, 3.8) is 0 Å². The van der Waals surface area contributed by atoms with Gasteiger partial charge in [0.15, 0.2) is 0 Å². The van der Waals surface area contributed by atoms with E-state index < -0.39 is 0 Å². The monoisotopic (exact) mass is 292 g/mol. The van der Waals surface area contributed by atoms with Crippen molar-refractivity contribution in [3.05, 3.63) is 0 Å². The Morgan fingerprint density at radius 2 is 1.69 bits per heavy atom. The Labute approximate surface area is 106 Å². The van der Waals surface area contributed by atoms with Crippen LogP contribution < -0.4 is 0 Å². The minimum Gasteiger partial charge on any atom is -0.342 e. The van der Waals surface area contributed by atoms with Crippen LogP contribution in [0.1, 0.15) is 27.2 Å². The van der Waals surface area contributed by atoms with Gasteiger partial charge in [-0.25, -0.2) is 0 Å². The molecule has 0 fully saturated rings. The van der Waals surface area contributed by atoms with Gasteiger partial charge in [0.05, 0.1) is 11.4 Å². The zero-order chi connectivity index (χ0) is 12.7. The predicted octanol–water partition coefficient (Wildman–Crippen LogP) is 1.49. The molecule has 1 atom stereocenters. The molecule has 0 aliphatic carbocycles. The number of hydrogen-bond donors (Lipinski definition) is 0. The standard InChI is InChI=1S/C11H21BrN2O2/c1-5-9(12)11(16)13(4)8-10(15)14(6-2)7-3/h9H,5-8H2,1-4H3. The molecule has 0 saturated heterocycles. The molecule has 0 radical (unpaired) electrons. The summed E-state index contributed by atoms with van der Waals surface area (Å²) in [5.74, 6) is -0.0420. The van der Waals surface area contributed by atoms with Gasteiger partial charge in [-0.05, 0) is 20.3 Å². The Bertz CT molecular complexity index is 242. The molecule has 0 aromatic rings. The first-order valence-corrected chi connectivity index (χ1v) is 6.56. The average Bonchev–Trinajstić information content (AvgIpc) is 2.28. The quantitative estimate of drug-likeness (QED) is 0.696. The van der Waals surface area contributed by atoms with Gasteiger partial charge in [-0.2, -0.15) is 0 Å². The SMILES string of the molecule is CCC(Br)C(=O)N(C)CC(=O)N(CC)CC. The Kier molecular flexibility index (Phi) is 7.38. The zero-order valence-corrected chi connectivity index (χ0v) is 12.1. The lowest BCUT2D eigenvalue weighted by Gasteiger charge is -2.24. The molecule has 0 aliphatic rings. The van der Waals surface area contributed by atoms with E-state index in [1.807, 2.05) is 20.8 Å². The lowest BCUT2D eigenvalue weighted by Crippen LogP contribution is -2.43. The van der Waals surface area contributed by atoms with Crippen LogP contribution in [0.4, 0.5) is 0 Å². The van der Waals surface area contributed by atoms with Crippen LogP contribution in [-0.2, 0) is 9.59 Å². The third kappa shape index (κ3) is 4.51. The Hall–Kier alpha value is -0.580. The number of carbonyl (C=O) groups is 2. The first-order valence-electron chi connectivity index (χ1n) is 5.64. The first-order chi connectivity index (χ1) is 7.47. The lowest BCUT2D eigenvalue weighted by molar-refractivity contribution is -0.138. The summed E-state index contributed by atoms with van der Waals surface area (Å²) in [6, 6.07) is 0. The number of rotatable bonds is 6. The normalized spacial score (nSPS) is 12.1. The molecule has 0 N–H and O–H groups in total. The van der Waals surface area contributed by atoms with Gasteiger partial charge in [-0.15, -0.1) is 0 Å². The van der Waals surface area contributed by atoms with E-state index in [0.717, 1.165) is 6.42 Å². The molecular formula is C11H21BrN2O2. The number of likely N-dealkylation sites (N-methyl/N-ethyl adjacent to an activating group) is 2. The first kappa shape index (κ1) is 15.4. The highest BCUT2D eigenvalue weighted by Crippen LogP contribution is 2.08. The summed E-state index contributed by atoms with van der Waals surface area (Å²) in [6.07, 6.45) is 0.725. The van der Waals surface area contributed by atoms with E-state index in [1.165, 1.54) is 4.90 Å². The number of nitrogens with zero attached hydrogens (tertiary/aromatic N) is 2. The molecule has 0 rings (SSSR count). The Balaban J connectivity index is 4.28. The van der Waals surface area contributed by atoms with Crippen LogP contribution in [0.3, 0.4) is 0 Å². The van der Waals surface area contributed by atoms with Gasteiger partial charge in [0.1, 0.15) is 0 Å². The second kappa shape index (κ2) is 7.65. The number of carbonyl (C=O) groups excluding carboxylic acids is 2. The van der Waals surface area contributed by atoms with Gasteiger partial charge < -0.3 is 9.80 Å². The molecule has 0 heterocycles. The largest absolute Gasteiger partial charge is 0.342 e. The summed E-state index contributed by atoms with van der Waals surface area (Å²) < 4.78 is 0. The maximum atomic E-state index is 11.7. The van der Waals surface area contributed by atoms with Crippen LogP contribution in [0.25, 0.3) is 0 Å². The van der Waals surface area contributed by atoms with Crippen molar-refractivity contribution in [2.45, 2.75) is 32.0 Å². The second-order valence-corrected chi connectivity index (χ2v) is 4.74. The summed E-state index contributed by atoms with van der Waals surface area (Å²) in [7, 11) is 1.66. The van der Waals surface area contributed by atoms with Crippen molar-refractivity contribution in [3.8, 4) is 0 Å². The van der Waals surface area contributed by atoms with E-state index in [1.54, 1.807) is 11.9 Å². The van der Waals surface area contributed by atoms with E-state index in [0.29, 0.717) is 13.1 Å². The lowest BCUT2D eigenvalue weighted by atomic mass is 10.3. The van der Waals surface area contributed by atoms with Gasteiger partial charge in [-0.3, -0.25) is 9.59 Å². The van der Waals surface area contributed by atoms with E-state index in [9.17, 15) is 9.59 Å². The van der Waals surface area contributed by atoms with Crippen molar-refractivity contribution < 1.29 is 9.59 Å². The van der Waals surface area contributed by atoms with E-state index in [4.69, 9.17) is 0 Å². The fraction of sp³-hybridized carbons (Fsp3) is 0.818. The third-order valence-corrected chi connectivity index (χ3v) is 3.53. The van der Waals surface area contributed by atoms with Crippen LogP contribution in [-0.4, -0.2) is 53.1 Å². The predicted molar refractivity (Wildman–Crippen MR) is 68.6 cm³/mol. The molecule has 94 valence electrons. The topological polar surface area (TPSA) is 40.6 Å². The van der Waals surface area contributed by atoms with Crippen molar-refractivity contribution in [1.29, 1.82) is 0 Å². The summed E-state index contributed by atoms with van der Waals surface area (Å²) in [6.45, 7) is 7.32. The number of hydrogen-bond acceptors (Lipinski definition) is 2. The highest BCUT2D eigenvalue weighted by Gasteiger charge is 2.20. The zero-order valence-electron chi connectivity index (χ0n) is 10.5. The van der Waals surface area contributed by atoms with E-state index >= 15 is 0 Å². The smallest absolute Gasteiger partial charge is 0.242 e. The molecule has 0 aromatic heterocycles. The molecule has 0 aliphatic heterocycles.